The second-order valence-corrected chi connectivity index (χ2v) is 14.0. The second kappa shape index (κ2) is 18.0. The Balaban J connectivity index is 0.000000129. The summed E-state index contributed by atoms with van der Waals surface area (Å²) in [5.41, 5.74) is 13.3. The van der Waals surface area contributed by atoms with Crippen LogP contribution in [0.25, 0.3) is 76.9 Å². The second-order valence-electron chi connectivity index (χ2n) is 14.0. The van der Waals surface area contributed by atoms with E-state index < -0.39 is 0 Å². The highest BCUT2D eigenvalue weighted by atomic mass is 16.3. The summed E-state index contributed by atoms with van der Waals surface area (Å²) in [4.78, 5) is 0. The average molecular weight is 757 g/mol. The molecule has 0 aliphatic rings. The molecule has 0 aliphatic carbocycles. The van der Waals surface area contributed by atoms with E-state index in [4.69, 9.17) is 4.42 Å². The third-order valence-electron chi connectivity index (χ3n) is 10.2. The van der Waals surface area contributed by atoms with Gasteiger partial charge in [0.25, 0.3) is 0 Å². The normalized spacial score (nSPS) is 10.7. The van der Waals surface area contributed by atoms with Crippen LogP contribution < -0.4 is 0 Å². The van der Waals surface area contributed by atoms with Crippen LogP contribution in [-0.2, 0) is 0 Å². The maximum absolute atomic E-state index is 5.71. The Bertz CT molecular complexity index is 2920. The van der Waals surface area contributed by atoms with Gasteiger partial charge in [0, 0.05) is 43.7 Å². The van der Waals surface area contributed by atoms with Gasteiger partial charge in [-0.25, -0.2) is 0 Å². The van der Waals surface area contributed by atoms with Crippen molar-refractivity contribution in [2.45, 2.75) is 48.5 Å². The number of hydrogen-bond donors (Lipinski definition) is 0. The zero-order valence-electron chi connectivity index (χ0n) is 34.7. The van der Waals surface area contributed by atoms with Crippen molar-refractivity contribution >= 4 is 65.6 Å². The molecule has 3 aromatic heterocycles. The maximum Gasteiger partial charge on any atom is 0.135 e. The van der Waals surface area contributed by atoms with Gasteiger partial charge in [0.1, 0.15) is 11.2 Å². The number of aryl methyl sites for hydroxylation is 3. The first-order valence-electron chi connectivity index (χ1n) is 20.5. The van der Waals surface area contributed by atoms with E-state index in [2.05, 4.69) is 194 Å². The molecule has 288 valence electrons. The third kappa shape index (κ3) is 7.77. The van der Waals surface area contributed by atoms with Gasteiger partial charge in [-0.2, -0.15) is 0 Å². The molecule has 0 radical (unpaired) electrons. The molecule has 3 heterocycles. The Kier molecular flexibility index (Phi) is 12.2. The van der Waals surface area contributed by atoms with E-state index in [1.165, 1.54) is 82.4 Å². The van der Waals surface area contributed by atoms with Crippen LogP contribution in [0, 0.1) is 20.8 Å². The van der Waals surface area contributed by atoms with Crippen molar-refractivity contribution in [2.75, 3.05) is 0 Å². The highest BCUT2D eigenvalue weighted by Crippen LogP contribution is 2.34. The van der Waals surface area contributed by atoms with Gasteiger partial charge in [0.15, 0.2) is 0 Å². The van der Waals surface area contributed by atoms with Gasteiger partial charge in [-0.1, -0.05) is 154 Å². The average Bonchev–Trinajstić information content (AvgIpc) is 3.93. The molecule has 0 bridgehead atoms. The van der Waals surface area contributed by atoms with Crippen LogP contribution in [0.3, 0.4) is 0 Å². The van der Waals surface area contributed by atoms with E-state index >= 15 is 0 Å². The number of nitrogens with zero attached hydrogens (tertiary/aromatic N) is 2. The van der Waals surface area contributed by atoms with E-state index in [1.54, 1.807) is 0 Å². The summed E-state index contributed by atoms with van der Waals surface area (Å²) in [7, 11) is 0. The molecular formula is C55H52N2O. The predicted octanol–water partition coefficient (Wildman–Crippen LogP) is 16.1. The molecule has 8 aromatic carbocycles. The number of furan rings is 1. The van der Waals surface area contributed by atoms with Crippen molar-refractivity contribution in [3.8, 4) is 11.4 Å². The Labute approximate surface area is 342 Å². The standard InChI is InChI=1S/2C19H15N.C13H10O.2C2H6/c2*1-14-11-12-19-17(13-14)16-9-5-6-10-18(16)20(19)15-7-3-2-4-8-15;1-9-6-7-13-11(8-9)10-4-2-3-5-12(10)14-13;2*1-2/h2*2-13H,1H3;2-8H,1H3;2*1-2H3. The first-order valence-corrected chi connectivity index (χ1v) is 20.5. The molecule has 11 aromatic rings. The van der Waals surface area contributed by atoms with Gasteiger partial charge >= 0.3 is 0 Å². The Morgan fingerprint density at radius 2 is 0.638 bits per heavy atom. The Morgan fingerprint density at radius 1 is 0.293 bits per heavy atom. The minimum absolute atomic E-state index is 0.966. The number of aromatic nitrogens is 2. The molecule has 0 spiro atoms. The molecule has 0 saturated carbocycles. The Hall–Kier alpha value is -6.84. The van der Waals surface area contributed by atoms with Crippen LogP contribution in [0.15, 0.2) is 192 Å². The fourth-order valence-corrected chi connectivity index (χ4v) is 7.72. The lowest BCUT2D eigenvalue weighted by molar-refractivity contribution is 0.669. The number of hydrogen-bond acceptors (Lipinski definition) is 1. The minimum Gasteiger partial charge on any atom is -0.456 e. The molecule has 3 heteroatoms. The lowest BCUT2D eigenvalue weighted by Crippen LogP contribution is -1.92. The van der Waals surface area contributed by atoms with Gasteiger partial charge in [-0.3, -0.25) is 0 Å². The van der Waals surface area contributed by atoms with E-state index in [-0.39, 0.29) is 0 Å². The summed E-state index contributed by atoms with van der Waals surface area (Å²) in [6.07, 6.45) is 0. The number of benzene rings is 8. The molecule has 0 fully saturated rings. The summed E-state index contributed by atoms with van der Waals surface area (Å²) < 4.78 is 10.4. The predicted molar refractivity (Wildman–Crippen MR) is 252 cm³/mol. The summed E-state index contributed by atoms with van der Waals surface area (Å²) in [5.74, 6) is 0. The molecule has 58 heavy (non-hydrogen) atoms. The van der Waals surface area contributed by atoms with Crippen LogP contribution in [0.2, 0.25) is 0 Å². The molecule has 0 atom stereocenters. The molecule has 0 amide bonds. The highest BCUT2D eigenvalue weighted by molar-refractivity contribution is 6.10. The van der Waals surface area contributed by atoms with Gasteiger partial charge in [0.2, 0.25) is 0 Å². The SMILES string of the molecule is CC.CC.Cc1ccc2c(c1)c1ccccc1n2-c1ccccc1.Cc1ccc2c(c1)c1ccccc1n2-c1ccccc1.Cc1ccc2oc3ccccc3c2c1. The molecule has 0 saturated heterocycles. The van der Waals surface area contributed by atoms with Crippen molar-refractivity contribution in [2.24, 2.45) is 0 Å². The van der Waals surface area contributed by atoms with Crippen molar-refractivity contribution in [3.05, 3.63) is 205 Å². The number of fused-ring (bicyclic) bond motifs is 9. The largest absolute Gasteiger partial charge is 0.456 e. The molecule has 0 unspecified atom stereocenters. The highest BCUT2D eigenvalue weighted by Gasteiger charge is 2.13. The molecule has 11 rings (SSSR count). The van der Waals surface area contributed by atoms with Crippen LogP contribution in [-0.4, -0.2) is 9.13 Å². The van der Waals surface area contributed by atoms with Crippen molar-refractivity contribution in [1.82, 2.24) is 9.13 Å². The topological polar surface area (TPSA) is 23.0 Å². The van der Waals surface area contributed by atoms with Gasteiger partial charge in [0.05, 0.1) is 22.1 Å². The molecule has 0 N–H and O–H groups in total. The first-order chi connectivity index (χ1) is 28.5. The van der Waals surface area contributed by atoms with E-state index in [0.29, 0.717) is 0 Å². The van der Waals surface area contributed by atoms with Crippen molar-refractivity contribution < 1.29 is 4.42 Å². The summed E-state index contributed by atoms with van der Waals surface area (Å²) in [5, 5.41) is 7.69. The maximum atomic E-state index is 5.71. The van der Waals surface area contributed by atoms with Crippen LogP contribution >= 0.6 is 0 Å². The first kappa shape index (κ1) is 39.4. The lowest BCUT2D eigenvalue weighted by Gasteiger charge is -2.07. The van der Waals surface area contributed by atoms with Gasteiger partial charge in [-0.15, -0.1) is 0 Å². The molecule has 3 nitrogen and oxygen atoms in total. The van der Waals surface area contributed by atoms with Crippen LogP contribution in [0.1, 0.15) is 44.4 Å². The van der Waals surface area contributed by atoms with Gasteiger partial charge in [-0.05, 0) is 99.6 Å². The third-order valence-corrected chi connectivity index (χ3v) is 10.2. The van der Waals surface area contributed by atoms with Crippen LogP contribution in [0.5, 0.6) is 0 Å². The quantitative estimate of drug-likeness (QED) is 0.172. The summed E-state index contributed by atoms with van der Waals surface area (Å²) >= 11 is 0. The minimum atomic E-state index is 0.966. The number of rotatable bonds is 2. The molecular weight excluding hydrogens is 705 g/mol. The lowest BCUT2D eigenvalue weighted by atomic mass is 10.1. The zero-order chi connectivity index (χ0) is 40.6. The Morgan fingerprint density at radius 3 is 1.12 bits per heavy atom. The van der Waals surface area contributed by atoms with Gasteiger partial charge < -0.3 is 13.6 Å². The smallest absolute Gasteiger partial charge is 0.135 e. The van der Waals surface area contributed by atoms with E-state index in [9.17, 15) is 0 Å². The summed E-state index contributed by atoms with van der Waals surface area (Å²) in [6.45, 7) is 14.4. The summed E-state index contributed by atoms with van der Waals surface area (Å²) in [6, 6.07) is 66.1. The van der Waals surface area contributed by atoms with Crippen molar-refractivity contribution in [3.63, 3.8) is 0 Å². The van der Waals surface area contributed by atoms with E-state index in [1.807, 2.05) is 52.0 Å². The fourth-order valence-electron chi connectivity index (χ4n) is 7.72. The molecule has 0 aliphatic heterocycles. The zero-order valence-corrected chi connectivity index (χ0v) is 34.7. The van der Waals surface area contributed by atoms with E-state index in [0.717, 1.165) is 11.2 Å². The monoisotopic (exact) mass is 756 g/mol. The number of para-hydroxylation sites is 5. The van der Waals surface area contributed by atoms with Crippen molar-refractivity contribution in [1.29, 1.82) is 0 Å². The fraction of sp³-hybridized carbons (Fsp3) is 0.127. The van der Waals surface area contributed by atoms with Crippen LogP contribution in [0.4, 0.5) is 0 Å².